The summed E-state index contributed by atoms with van der Waals surface area (Å²) in [4.78, 5) is 11.7. The van der Waals surface area contributed by atoms with Gasteiger partial charge in [0, 0.05) is 6.92 Å². The molecule has 16 nitrogen and oxygen atoms in total. The molecule has 0 radical (unpaired) electrons. The van der Waals surface area contributed by atoms with Gasteiger partial charge in [0.1, 0.15) is 67.1 Å². The van der Waals surface area contributed by atoms with Crippen molar-refractivity contribution in [1.82, 2.24) is 5.32 Å². The largest absolute Gasteiger partial charge is 0.394 e. The molecule has 0 aromatic carbocycles. The number of nitrogens with one attached hydrogen (secondary N) is 1. The lowest BCUT2D eigenvalue weighted by molar-refractivity contribution is -0.345. The van der Waals surface area contributed by atoms with E-state index in [0.29, 0.717) is 0 Å². The van der Waals surface area contributed by atoms with Crippen molar-refractivity contribution in [3.05, 3.63) is 0 Å². The van der Waals surface area contributed by atoms with Crippen LogP contribution in [0.4, 0.5) is 0 Å². The highest BCUT2D eigenvalue weighted by Crippen LogP contribution is 2.30. The topological polar surface area (TPSA) is 257 Å². The minimum Gasteiger partial charge on any atom is -0.394 e. The maximum Gasteiger partial charge on any atom is 0.217 e. The Hall–Kier alpha value is -1.09. The number of hydrogen-bond acceptors (Lipinski definition) is 15. The van der Waals surface area contributed by atoms with E-state index in [1.807, 2.05) is 0 Å². The van der Waals surface area contributed by atoms with Crippen molar-refractivity contribution >= 4 is 5.91 Å². The molecule has 10 N–H and O–H groups in total. The van der Waals surface area contributed by atoms with Crippen molar-refractivity contribution < 1.29 is 74.4 Å². The van der Waals surface area contributed by atoms with Crippen LogP contribution in [0.25, 0.3) is 0 Å². The fourth-order valence-electron chi connectivity index (χ4n) is 4.30. The third-order valence-corrected chi connectivity index (χ3v) is 6.44. The van der Waals surface area contributed by atoms with Crippen molar-refractivity contribution in [2.24, 2.45) is 0 Å². The summed E-state index contributed by atoms with van der Waals surface area (Å²) in [6.45, 7) is 1.29. The van der Waals surface area contributed by atoms with Crippen molar-refractivity contribution in [3.63, 3.8) is 0 Å². The van der Waals surface area contributed by atoms with Gasteiger partial charge >= 0.3 is 0 Å². The quantitative estimate of drug-likeness (QED) is 0.147. The molecule has 210 valence electrons. The summed E-state index contributed by atoms with van der Waals surface area (Å²) in [6.07, 6.45) is -21.5. The molecular weight excluding hydrogens is 494 g/mol. The zero-order valence-corrected chi connectivity index (χ0v) is 19.5. The lowest BCUT2D eigenvalue weighted by atomic mass is 9.95. The average molecular weight is 529 g/mol. The molecule has 3 aliphatic rings. The molecule has 15 atom stereocenters. The van der Waals surface area contributed by atoms with Gasteiger partial charge in [-0.2, -0.15) is 0 Å². The van der Waals surface area contributed by atoms with Crippen LogP contribution in [0.15, 0.2) is 0 Å². The van der Waals surface area contributed by atoms with Crippen LogP contribution < -0.4 is 5.32 Å². The molecule has 3 rings (SSSR count). The average Bonchev–Trinajstić information content (AvgIpc) is 2.83. The Morgan fingerprint density at radius 3 is 2.00 bits per heavy atom. The predicted molar refractivity (Wildman–Crippen MR) is 111 cm³/mol. The van der Waals surface area contributed by atoms with Crippen LogP contribution in [0, 0.1) is 0 Å². The van der Waals surface area contributed by atoms with E-state index in [0.717, 1.165) is 6.92 Å². The fourth-order valence-corrected chi connectivity index (χ4v) is 4.30. The fraction of sp³-hybridized carbons (Fsp3) is 0.950. The van der Waals surface area contributed by atoms with Crippen LogP contribution in [0.2, 0.25) is 0 Å². The molecule has 0 unspecified atom stereocenters. The standard InChI is InChI=1S/C20H35NO15/c1-5-10(24)13(27)16(30)20(33-5)36-17-9(21-6(2)23)18(31)34-8(12(17)26)4-32-19-15(29)14(28)11(25)7(3-22)35-19/h5,7-20,22,24-31H,3-4H2,1-2H3,(H,21,23)/t5-,7-,8-,9-,10+,11-,12+,13-,14-,15-,16-,17+,18-,19+,20-/m0/s1. The van der Waals surface area contributed by atoms with E-state index in [2.05, 4.69) is 5.32 Å². The van der Waals surface area contributed by atoms with E-state index < -0.39 is 111 Å². The molecule has 3 fully saturated rings. The highest BCUT2D eigenvalue weighted by Gasteiger charge is 2.51. The first kappa shape index (κ1) is 29.5. The normalized spacial score (nSPS) is 50.0. The molecular formula is C20H35NO15. The summed E-state index contributed by atoms with van der Waals surface area (Å²) in [5.74, 6) is -0.617. The Kier molecular flexibility index (Phi) is 9.97. The van der Waals surface area contributed by atoms with E-state index in [1.165, 1.54) is 6.92 Å². The third-order valence-electron chi connectivity index (χ3n) is 6.44. The van der Waals surface area contributed by atoms with E-state index in [9.17, 15) is 50.8 Å². The summed E-state index contributed by atoms with van der Waals surface area (Å²) in [7, 11) is 0. The Bertz CT molecular complexity index is 729. The molecule has 36 heavy (non-hydrogen) atoms. The SMILES string of the molecule is CC(=O)N[C@H]1[C@@H](O[C@@H]2O[C@@H](C)[C@@H](O)[C@H](O)[C@@H]2O)[C@H](O)[C@H](CO[C@@H]2O[C@@H](CO)[C@H](O)[C@H](O)[C@@H]2O)O[C@@H]1O. The van der Waals surface area contributed by atoms with Gasteiger partial charge in [0.25, 0.3) is 0 Å². The van der Waals surface area contributed by atoms with Crippen molar-refractivity contribution in [2.45, 2.75) is 106 Å². The van der Waals surface area contributed by atoms with Gasteiger partial charge in [-0.3, -0.25) is 4.79 Å². The summed E-state index contributed by atoms with van der Waals surface area (Å²) in [6, 6.07) is -1.36. The maximum atomic E-state index is 11.7. The second-order valence-electron chi connectivity index (χ2n) is 9.09. The second-order valence-corrected chi connectivity index (χ2v) is 9.09. The van der Waals surface area contributed by atoms with Crippen LogP contribution >= 0.6 is 0 Å². The summed E-state index contributed by atoms with van der Waals surface area (Å²) < 4.78 is 27.0. The van der Waals surface area contributed by atoms with Gasteiger partial charge in [-0.05, 0) is 6.92 Å². The first-order valence-electron chi connectivity index (χ1n) is 11.4. The first-order valence-corrected chi connectivity index (χ1v) is 11.4. The van der Waals surface area contributed by atoms with Crippen LogP contribution in [0.1, 0.15) is 13.8 Å². The molecule has 0 bridgehead atoms. The zero-order chi connectivity index (χ0) is 26.9. The number of carbonyl (C=O) groups is 1. The van der Waals surface area contributed by atoms with Crippen molar-refractivity contribution in [1.29, 1.82) is 0 Å². The number of rotatable bonds is 7. The molecule has 0 aromatic rings. The molecule has 0 aromatic heterocycles. The molecule has 3 saturated heterocycles. The van der Waals surface area contributed by atoms with E-state index in [4.69, 9.17) is 23.7 Å². The predicted octanol–water partition coefficient (Wildman–Crippen LogP) is -6.40. The number of hydrogen-bond donors (Lipinski definition) is 10. The Morgan fingerprint density at radius 1 is 0.778 bits per heavy atom. The van der Waals surface area contributed by atoms with Crippen LogP contribution in [-0.2, 0) is 28.5 Å². The monoisotopic (exact) mass is 529 g/mol. The number of ether oxygens (including phenoxy) is 5. The Labute approximate surface area is 205 Å². The first-order chi connectivity index (χ1) is 16.9. The van der Waals surface area contributed by atoms with Gasteiger partial charge in [-0.15, -0.1) is 0 Å². The molecule has 0 spiro atoms. The zero-order valence-electron chi connectivity index (χ0n) is 19.5. The Morgan fingerprint density at radius 2 is 1.39 bits per heavy atom. The molecule has 1 amide bonds. The van der Waals surface area contributed by atoms with Crippen LogP contribution in [0.5, 0.6) is 0 Å². The smallest absolute Gasteiger partial charge is 0.217 e. The summed E-state index contributed by atoms with van der Waals surface area (Å²) in [5, 5.41) is 93.2. The third kappa shape index (κ3) is 6.13. The van der Waals surface area contributed by atoms with Gasteiger partial charge in [-0.25, -0.2) is 0 Å². The molecule has 0 aliphatic carbocycles. The molecule has 3 aliphatic heterocycles. The maximum absolute atomic E-state index is 11.7. The summed E-state index contributed by atoms with van der Waals surface area (Å²) in [5.41, 5.74) is 0. The lowest BCUT2D eigenvalue weighted by Crippen LogP contribution is -2.67. The summed E-state index contributed by atoms with van der Waals surface area (Å²) >= 11 is 0. The Balaban J connectivity index is 1.73. The number of aliphatic hydroxyl groups is 9. The molecule has 3 heterocycles. The highest BCUT2D eigenvalue weighted by atomic mass is 16.7. The van der Waals surface area contributed by atoms with E-state index in [1.54, 1.807) is 0 Å². The second kappa shape index (κ2) is 12.2. The number of carbonyl (C=O) groups excluding carboxylic acids is 1. The van der Waals surface area contributed by atoms with Crippen molar-refractivity contribution in [2.75, 3.05) is 13.2 Å². The highest BCUT2D eigenvalue weighted by molar-refractivity contribution is 5.73. The van der Waals surface area contributed by atoms with Crippen LogP contribution in [0.3, 0.4) is 0 Å². The van der Waals surface area contributed by atoms with Gasteiger partial charge < -0.3 is 75.0 Å². The van der Waals surface area contributed by atoms with Gasteiger partial charge in [0.15, 0.2) is 18.9 Å². The number of aliphatic hydroxyl groups excluding tert-OH is 9. The van der Waals surface area contributed by atoms with Crippen molar-refractivity contribution in [3.8, 4) is 0 Å². The van der Waals surface area contributed by atoms with Gasteiger partial charge in [0.2, 0.25) is 5.91 Å². The van der Waals surface area contributed by atoms with E-state index >= 15 is 0 Å². The van der Waals surface area contributed by atoms with Crippen LogP contribution in [-0.4, -0.2) is 157 Å². The van der Waals surface area contributed by atoms with E-state index in [-0.39, 0.29) is 0 Å². The lowest BCUT2D eigenvalue weighted by Gasteiger charge is -2.47. The minimum atomic E-state index is -1.76. The van der Waals surface area contributed by atoms with Gasteiger partial charge in [-0.1, -0.05) is 0 Å². The molecule has 0 saturated carbocycles. The number of amides is 1. The molecule has 16 heteroatoms. The van der Waals surface area contributed by atoms with Gasteiger partial charge in [0.05, 0.1) is 19.3 Å². The minimum absolute atomic E-state index is 0.570.